The quantitative estimate of drug-likeness (QED) is 0.767. The summed E-state index contributed by atoms with van der Waals surface area (Å²) in [6, 6.07) is -0.312. The zero-order valence-electron chi connectivity index (χ0n) is 12.2. The number of aliphatic carboxylic acids is 1. The number of piperidine rings is 1. The molecule has 1 fully saturated rings. The topological polar surface area (TPSA) is 69.6 Å². The lowest BCUT2D eigenvalue weighted by Crippen LogP contribution is -2.49. The summed E-state index contributed by atoms with van der Waals surface area (Å²) in [6.45, 7) is 7.11. The first-order valence-electron chi connectivity index (χ1n) is 7.23. The van der Waals surface area contributed by atoms with Gasteiger partial charge < -0.3 is 10.4 Å². The van der Waals surface area contributed by atoms with Crippen LogP contribution in [0.25, 0.3) is 0 Å². The van der Waals surface area contributed by atoms with E-state index in [-0.39, 0.29) is 17.9 Å². The number of nitrogens with zero attached hydrogens (tertiary/aromatic N) is 1. The van der Waals surface area contributed by atoms with E-state index in [1.165, 1.54) is 0 Å². The highest BCUT2D eigenvalue weighted by Crippen LogP contribution is 2.19. The number of carbonyl (C=O) groups excluding carboxylic acids is 1. The van der Waals surface area contributed by atoms with Crippen LogP contribution in [-0.4, -0.2) is 47.1 Å². The van der Waals surface area contributed by atoms with E-state index in [1.54, 1.807) is 6.92 Å². The van der Waals surface area contributed by atoms with Crippen LogP contribution < -0.4 is 5.32 Å². The fraction of sp³-hybridized carbons (Fsp3) is 0.857. The molecule has 0 aromatic rings. The van der Waals surface area contributed by atoms with E-state index in [0.29, 0.717) is 6.54 Å². The molecule has 2 N–H and O–H groups in total. The van der Waals surface area contributed by atoms with Gasteiger partial charge in [-0.1, -0.05) is 13.3 Å². The summed E-state index contributed by atoms with van der Waals surface area (Å²) in [6.07, 6.45) is 3.77. The molecule has 0 radical (unpaired) electrons. The molecule has 0 spiro atoms. The molecule has 110 valence electrons. The molecule has 0 aromatic heterocycles. The van der Waals surface area contributed by atoms with Gasteiger partial charge in [0.05, 0.1) is 5.92 Å². The van der Waals surface area contributed by atoms with Crippen molar-refractivity contribution in [3.8, 4) is 0 Å². The lowest BCUT2D eigenvalue weighted by molar-refractivity contribution is -0.144. The predicted octanol–water partition coefficient (Wildman–Crippen LogP) is 1.48. The van der Waals surface area contributed by atoms with Crippen molar-refractivity contribution in [3.63, 3.8) is 0 Å². The van der Waals surface area contributed by atoms with E-state index in [0.717, 1.165) is 32.2 Å². The molecule has 1 saturated heterocycles. The number of amides is 1. The fourth-order valence-electron chi connectivity index (χ4n) is 2.59. The molecule has 3 atom stereocenters. The predicted molar refractivity (Wildman–Crippen MR) is 73.9 cm³/mol. The lowest BCUT2D eigenvalue weighted by atomic mass is 9.95. The molecular weight excluding hydrogens is 244 g/mol. The Bertz CT molecular complexity index is 320. The van der Waals surface area contributed by atoms with Crippen molar-refractivity contribution in [1.82, 2.24) is 10.2 Å². The molecule has 1 rings (SSSR count). The van der Waals surface area contributed by atoms with Crippen molar-refractivity contribution in [1.29, 1.82) is 0 Å². The maximum atomic E-state index is 12.1. The van der Waals surface area contributed by atoms with Gasteiger partial charge in [0.25, 0.3) is 0 Å². The minimum atomic E-state index is -0.819. The highest BCUT2D eigenvalue weighted by atomic mass is 16.4. The second kappa shape index (κ2) is 7.48. The van der Waals surface area contributed by atoms with Crippen LogP contribution in [-0.2, 0) is 9.59 Å². The SMILES string of the molecule is CCC[C@H](C)NC(=O)[C@@H]1CCCN([C@H](C)C(=O)O)C1. The fourth-order valence-corrected chi connectivity index (χ4v) is 2.59. The zero-order chi connectivity index (χ0) is 14.4. The Morgan fingerprint density at radius 3 is 2.68 bits per heavy atom. The standard InChI is InChI=1S/C14H26N2O3/c1-4-6-10(2)15-13(17)12-7-5-8-16(9-12)11(3)14(18)19/h10-12H,4-9H2,1-3H3,(H,15,17)(H,18,19)/t10-,11+,12+/m0/s1. The van der Waals surface area contributed by atoms with Crippen molar-refractivity contribution >= 4 is 11.9 Å². The average molecular weight is 270 g/mol. The van der Waals surface area contributed by atoms with E-state index in [1.807, 2.05) is 11.8 Å². The summed E-state index contributed by atoms with van der Waals surface area (Å²) in [5, 5.41) is 12.1. The van der Waals surface area contributed by atoms with Gasteiger partial charge in [0.2, 0.25) is 5.91 Å². The third-order valence-corrected chi connectivity index (χ3v) is 3.84. The van der Waals surface area contributed by atoms with Gasteiger partial charge in [0.15, 0.2) is 0 Å². The molecule has 1 heterocycles. The van der Waals surface area contributed by atoms with E-state index >= 15 is 0 Å². The highest BCUT2D eigenvalue weighted by molar-refractivity contribution is 5.79. The first-order chi connectivity index (χ1) is 8.95. The van der Waals surface area contributed by atoms with Crippen LogP contribution in [0.5, 0.6) is 0 Å². The maximum absolute atomic E-state index is 12.1. The number of carboxylic acid groups (broad SMARTS) is 1. The number of likely N-dealkylation sites (tertiary alicyclic amines) is 1. The Morgan fingerprint density at radius 1 is 1.42 bits per heavy atom. The molecule has 0 aliphatic carbocycles. The van der Waals surface area contributed by atoms with Gasteiger partial charge in [-0.3, -0.25) is 14.5 Å². The van der Waals surface area contributed by atoms with Crippen LogP contribution in [0.3, 0.4) is 0 Å². The summed E-state index contributed by atoms with van der Waals surface area (Å²) in [5.74, 6) is -0.821. The summed E-state index contributed by atoms with van der Waals surface area (Å²) in [5.41, 5.74) is 0. The normalized spacial score (nSPS) is 23.6. The van der Waals surface area contributed by atoms with E-state index < -0.39 is 12.0 Å². The van der Waals surface area contributed by atoms with Crippen molar-refractivity contribution in [2.75, 3.05) is 13.1 Å². The Hall–Kier alpha value is -1.10. The summed E-state index contributed by atoms with van der Waals surface area (Å²) in [7, 11) is 0. The lowest BCUT2D eigenvalue weighted by Gasteiger charge is -2.34. The monoisotopic (exact) mass is 270 g/mol. The number of carbonyl (C=O) groups is 2. The van der Waals surface area contributed by atoms with Crippen molar-refractivity contribution in [2.24, 2.45) is 5.92 Å². The van der Waals surface area contributed by atoms with Crippen LogP contribution in [0.2, 0.25) is 0 Å². The average Bonchev–Trinajstić information content (AvgIpc) is 2.38. The first kappa shape index (κ1) is 16.0. The molecule has 0 aromatic carbocycles. The number of rotatable bonds is 6. The molecule has 1 aliphatic rings. The molecule has 5 nitrogen and oxygen atoms in total. The third kappa shape index (κ3) is 4.82. The van der Waals surface area contributed by atoms with Crippen LogP contribution in [0.15, 0.2) is 0 Å². The van der Waals surface area contributed by atoms with Crippen molar-refractivity contribution in [2.45, 2.75) is 58.5 Å². The maximum Gasteiger partial charge on any atom is 0.320 e. The Kier molecular flexibility index (Phi) is 6.28. The number of hydrogen-bond donors (Lipinski definition) is 2. The van der Waals surface area contributed by atoms with Crippen molar-refractivity contribution < 1.29 is 14.7 Å². The van der Waals surface area contributed by atoms with Gasteiger partial charge in [-0.2, -0.15) is 0 Å². The molecule has 1 aliphatic heterocycles. The molecule has 0 bridgehead atoms. The van der Waals surface area contributed by atoms with Gasteiger partial charge in [-0.25, -0.2) is 0 Å². The Morgan fingerprint density at radius 2 is 2.11 bits per heavy atom. The molecule has 1 amide bonds. The Labute approximate surface area is 115 Å². The molecular formula is C14H26N2O3. The number of carboxylic acids is 1. The van der Waals surface area contributed by atoms with Crippen molar-refractivity contribution in [3.05, 3.63) is 0 Å². The van der Waals surface area contributed by atoms with E-state index in [4.69, 9.17) is 5.11 Å². The molecule has 0 saturated carbocycles. The van der Waals surface area contributed by atoms with E-state index in [2.05, 4.69) is 12.2 Å². The van der Waals surface area contributed by atoms with Gasteiger partial charge >= 0.3 is 5.97 Å². The largest absolute Gasteiger partial charge is 0.480 e. The smallest absolute Gasteiger partial charge is 0.320 e. The van der Waals surface area contributed by atoms with E-state index in [9.17, 15) is 9.59 Å². The second-order valence-electron chi connectivity index (χ2n) is 5.55. The number of hydrogen-bond acceptors (Lipinski definition) is 3. The molecule has 0 unspecified atom stereocenters. The van der Waals surface area contributed by atoms with Gasteiger partial charge in [-0.15, -0.1) is 0 Å². The van der Waals surface area contributed by atoms with Crippen LogP contribution in [0.4, 0.5) is 0 Å². The minimum Gasteiger partial charge on any atom is -0.480 e. The van der Waals surface area contributed by atoms with Gasteiger partial charge in [0, 0.05) is 12.6 Å². The van der Waals surface area contributed by atoms with Crippen LogP contribution in [0, 0.1) is 5.92 Å². The molecule has 19 heavy (non-hydrogen) atoms. The second-order valence-corrected chi connectivity index (χ2v) is 5.55. The summed E-state index contributed by atoms with van der Waals surface area (Å²) in [4.78, 5) is 25.0. The van der Waals surface area contributed by atoms with Crippen LogP contribution >= 0.6 is 0 Å². The number of nitrogens with one attached hydrogen (secondary N) is 1. The molecule has 5 heteroatoms. The zero-order valence-corrected chi connectivity index (χ0v) is 12.2. The minimum absolute atomic E-state index is 0.0724. The van der Waals surface area contributed by atoms with Gasteiger partial charge in [0.1, 0.15) is 6.04 Å². The first-order valence-corrected chi connectivity index (χ1v) is 7.23. The van der Waals surface area contributed by atoms with Gasteiger partial charge in [-0.05, 0) is 39.7 Å². The summed E-state index contributed by atoms with van der Waals surface area (Å²) >= 11 is 0. The summed E-state index contributed by atoms with van der Waals surface area (Å²) < 4.78 is 0. The van der Waals surface area contributed by atoms with Crippen LogP contribution in [0.1, 0.15) is 46.5 Å². The highest BCUT2D eigenvalue weighted by Gasteiger charge is 2.30. The third-order valence-electron chi connectivity index (χ3n) is 3.84. The Balaban J connectivity index is 2.50.